The van der Waals surface area contributed by atoms with E-state index in [1.54, 1.807) is 4.90 Å². The molecule has 2 aliphatic heterocycles. The maximum atomic E-state index is 13.0. The Morgan fingerprint density at radius 2 is 1.71 bits per heavy atom. The smallest absolute Gasteiger partial charge is 0.414 e. The Hall–Kier alpha value is -2.86. The van der Waals surface area contributed by atoms with Gasteiger partial charge in [0.25, 0.3) is 0 Å². The van der Waals surface area contributed by atoms with Crippen molar-refractivity contribution in [2.24, 2.45) is 22.7 Å². The topological polar surface area (TPSA) is 70.1 Å². The van der Waals surface area contributed by atoms with Gasteiger partial charge in [-0.2, -0.15) is 0 Å². The van der Waals surface area contributed by atoms with E-state index < -0.39 is 11.5 Å². The fourth-order valence-corrected chi connectivity index (χ4v) is 5.78. The number of amides is 2. The van der Waals surface area contributed by atoms with Gasteiger partial charge in [0.15, 0.2) is 0 Å². The molecular formula is C32H44N2O4. The number of hydrogen-bond donors (Lipinski definition) is 1. The van der Waals surface area contributed by atoms with Crippen LogP contribution < -0.4 is 4.90 Å². The Morgan fingerprint density at radius 3 is 2.37 bits per heavy atom. The van der Waals surface area contributed by atoms with E-state index in [1.807, 2.05) is 56.0 Å². The Bertz CT molecular complexity index is 1130. The predicted octanol–water partition coefficient (Wildman–Crippen LogP) is 5.85. The van der Waals surface area contributed by atoms with Crippen LogP contribution in [0.1, 0.15) is 64.7 Å². The Labute approximate surface area is 228 Å². The molecule has 2 aromatic rings. The second-order valence-corrected chi connectivity index (χ2v) is 13.1. The van der Waals surface area contributed by atoms with E-state index in [4.69, 9.17) is 4.74 Å². The number of carbonyl (C=O) groups is 2. The average Bonchev–Trinajstić information content (AvgIpc) is 3.52. The van der Waals surface area contributed by atoms with Gasteiger partial charge in [0.05, 0.1) is 11.8 Å². The van der Waals surface area contributed by atoms with Crippen molar-refractivity contribution in [1.82, 2.24) is 4.90 Å². The third-order valence-corrected chi connectivity index (χ3v) is 7.99. The third-order valence-electron chi connectivity index (χ3n) is 7.99. The SMILES string of the molecule is CC(C)(C)C(=O)N1CC[C@H]([C@H](Cc2ccc3c(c2)N(C(=O)OCc2ccccc2)CC3)[C@H](O)C(C)(C)C)C1. The normalized spacial score (nSPS) is 19.3. The predicted molar refractivity (Wildman–Crippen MR) is 151 cm³/mol. The lowest BCUT2D eigenvalue weighted by Crippen LogP contribution is -2.42. The molecule has 206 valence electrons. The molecule has 4 rings (SSSR count). The molecule has 2 aromatic carbocycles. The maximum absolute atomic E-state index is 13.0. The summed E-state index contributed by atoms with van der Waals surface area (Å²) in [5.41, 5.74) is 3.41. The molecular weight excluding hydrogens is 476 g/mol. The number of rotatable bonds is 6. The summed E-state index contributed by atoms with van der Waals surface area (Å²) in [6.07, 6.45) is 1.54. The van der Waals surface area contributed by atoms with Gasteiger partial charge in [-0.25, -0.2) is 4.79 Å². The molecule has 2 aliphatic rings. The fraction of sp³-hybridized carbons (Fsp3) is 0.562. The van der Waals surface area contributed by atoms with Crippen molar-refractivity contribution in [3.63, 3.8) is 0 Å². The molecule has 1 saturated heterocycles. The lowest BCUT2D eigenvalue weighted by atomic mass is 9.72. The van der Waals surface area contributed by atoms with Crippen LogP contribution in [0.2, 0.25) is 0 Å². The number of aliphatic hydroxyl groups is 1. The molecule has 1 N–H and O–H groups in total. The van der Waals surface area contributed by atoms with Gasteiger partial charge < -0.3 is 14.7 Å². The summed E-state index contributed by atoms with van der Waals surface area (Å²) in [5, 5.41) is 11.5. The van der Waals surface area contributed by atoms with E-state index >= 15 is 0 Å². The highest BCUT2D eigenvalue weighted by Crippen LogP contribution is 2.38. The van der Waals surface area contributed by atoms with E-state index in [1.165, 1.54) is 0 Å². The minimum Gasteiger partial charge on any atom is -0.444 e. The lowest BCUT2D eigenvalue weighted by molar-refractivity contribution is -0.138. The van der Waals surface area contributed by atoms with Crippen LogP contribution in [0.25, 0.3) is 0 Å². The number of likely N-dealkylation sites (tertiary alicyclic amines) is 1. The minimum absolute atomic E-state index is 0.00528. The highest BCUT2D eigenvalue weighted by molar-refractivity contribution is 5.90. The molecule has 0 unspecified atom stereocenters. The quantitative estimate of drug-likeness (QED) is 0.519. The van der Waals surface area contributed by atoms with Crippen molar-refractivity contribution in [1.29, 1.82) is 0 Å². The van der Waals surface area contributed by atoms with Gasteiger partial charge >= 0.3 is 6.09 Å². The summed E-state index contributed by atoms with van der Waals surface area (Å²) >= 11 is 0. The van der Waals surface area contributed by atoms with Crippen molar-refractivity contribution >= 4 is 17.7 Å². The van der Waals surface area contributed by atoms with Crippen LogP contribution in [0.5, 0.6) is 0 Å². The second kappa shape index (κ2) is 11.1. The van der Waals surface area contributed by atoms with Crippen molar-refractivity contribution in [2.45, 2.75) is 73.5 Å². The lowest BCUT2D eigenvalue weighted by Gasteiger charge is -2.37. The number of hydrogen-bond acceptors (Lipinski definition) is 4. The van der Waals surface area contributed by atoms with Crippen LogP contribution in [0.3, 0.4) is 0 Å². The van der Waals surface area contributed by atoms with Gasteiger partial charge in [0.2, 0.25) is 5.91 Å². The number of benzene rings is 2. The molecule has 0 bridgehead atoms. The van der Waals surface area contributed by atoms with Crippen LogP contribution in [0.15, 0.2) is 48.5 Å². The number of carbonyl (C=O) groups excluding carboxylic acids is 2. The van der Waals surface area contributed by atoms with Gasteiger partial charge in [-0.05, 0) is 59.3 Å². The van der Waals surface area contributed by atoms with E-state index in [-0.39, 0.29) is 35.9 Å². The van der Waals surface area contributed by atoms with Crippen molar-refractivity contribution < 1.29 is 19.4 Å². The van der Waals surface area contributed by atoms with Gasteiger partial charge in [0, 0.05) is 25.0 Å². The number of ether oxygens (including phenoxy) is 1. The molecule has 0 spiro atoms. The van der Waals surface area contributed by atoms with Gasteiger partial charge in [-0.15, -0.1) is 0 Å². The first kappa shape index (κ1) is 28.2. The van der Waals surface area contributed by atoms with Crippen LogP contribution in [0, 0.1) is 22.7 Å². The first-order valence-corrected chi connectivity index (χ1v) is 13.9. The Kier molecular flexibility index (Phi) is 8.22. The van der Waals surface area contributed by atoms with Gasteiger partial charge in [-0.1, -0.05) is 84.0 Å². The second-order valence-electron chi connectivity index (χ2n) is 13.1. The zero-order valence-electron chi connectivity index (χ0n) is 23.9. The largest absolute Gasteiger partial charge is 0.444 e. The summed E-state index contributed by atoms with van der Waals surface area (Å²) in [6.45, 7) is 14.4. The summed E-state index contributed by atoms with van der Waals surface area (Å²) in [7, 11) is 0. The Morgan fingerprint density at radius 1 is 1.00 bits per heavy atom. The highest BCUT2D eigenvalue weighted by Gasteiger charge is 2.41. The molecule has 38 heavy (non-hydrogen) atoms. The summed E-state index contributed by atoms with van der Waals surface area (Å²) in [5.74, 6) is 0.396. The molecule has 0 aromatic heterocycles. The molecule has 0 radical (unpaired) electrons. The monoisotopic (exact) mass is 520 g/mol. The molecule has 3 atom stereocenters. The first-order valence-electron chi connectivity index (χ1n) is 13.9. The number of nitrogens with zero attached hydrogens (tertiary/aromatic N) is 2. The molecule has 6 heteroatoms. The first-order chi connectivity index (χ1) is 17.8. The third kappa shape index (κ3) is 6.40. The maximum Gasteiger partial charge on any atom is 0.414 e. The van der Waals surface area contributed by atoms with Crippen molar-refractivity contribution in [2.75, 3.05) is 24.5 Å². The highest BCUT2D eigenvalue weighted by atomic mass is 16.6. The van der Waals surface area contributed by atoms with Crippen LogP contribution in [-0.2, 0) is 29.0 Å². The number of fused-ring (bicyclic) bond motifs is 1. The van der Waals surface area contributed by atoms with Crippen LogP contribution >= 0.6 is 0 Å². The van der Waals surface area contributed by atoms with Crippen molar-refractivity contribution in [3.05, 3.63) is 65.2 Å². The summed E-state index contributed by atoms with van der Waals surface area (Å²) in [4.78, 5) is 29.6. The average molecular weight is 521 g/mol. The van der Waals surface area contributed by atoms with E-state index in [9.17, 15) is 14.7 Å². The molecule has 6 nitrogen and oxygen atoms in total. The fourth-order valence-electron chi connectivity index (χ4n) is 5.78. The molecule has 0 aliphatic carbocycles. The van der Waals surface area contributed by atoms with E-state index in [0.717, 1.165) is 41.8 Å². The van der Waals surface area contributed by atoms with Crippen LogP contribution in [-0.4, -0.2) is 47.7 Å². The molecule has 2 amide bonds. The zero-order valence-corrected chi connectivity index (χ0v) is 23.9. The van der Waals surface area contributed by atoms with Gasteiger partial charge in [0.1, 0.15) is 6.61 Å². The summed E-state index contributed by atoms with van der Waals surface area (Å²) in [6, 6.07) is 16.1. The molecule has 0 saturated carbocycles. The minimum atomic E-state index is -0.516. The standard InChI is InChI=1S/C32H44N2O4/c1-31(2,3)28(35)26(25-14-16-33(20-25)29(36)32(4,5)6)18-23-12-13-24-15-17-34(27(24)19-23)30(37)38-21-22-10-8-7-9-11-22/h7-13,19,25-26,28,35H,14-18,20-21H2,1-6H3/t25-,26-,28-/m0/s1. The van der Waals surface area contributed by atoms with E-state index in [2.05, 4.69) is 39.0 Å². The molecule has 2 heterocycles. The number of aliphatic hydroxyl groups excluding tert-OH is 1. The van der Waals surface area contributed by atoms with Crippen molar-refractivity contribution in [3.8, 4) is 0 Å². The van der Waals surface area contributed by atoms with Crippen LogP contribution in [0.4, 0.5) is 10.5 Å². The molecule has 1 fully saturated rings. The number of anilines is 1. The van der Waals surface area contributed by atoms with E-state index in [0.29, 0.717) is 19.5 Å². The zero-order chi connectivity index (χ0) is 27.7. The summed E-state index contributed by atoms with van der Waals surface area (Å²) < 4.78 is 5.63. The van der Waals surface area contributed by atoms with Gasteiger partial charge in [-0.3, -0.25) is 9.69 Å². The Balaban J connectivity index is 1.50.